The molecule has 2 rings (SSSR count). The highest BCUT2D eigenvalue weighted by molar-refractivity contribution is 7.89. The first-order chi connectivity index (χ1) is 14.2. The van der Waals surface area contributed by atoms with Gasteiger partial charge in [0.2, 0.25) is 15.9 Å². The van der Waals surface area contributed by atoms with Crippen LogP contribution in [0.2, 0.25) is 0 Å². The second-order valence-corrected chi connectivity index (χ2v) is 9.20. The van der Waals surface area contributed by atoms with Crippen LogP contribution < -0.4 is 5.32 Å². The second kappa shape index (κ2) is 10.9. The molecule has 1 fully saturated rings. The summed E-state index contributed by atoms with van der Waals surface area (Å²) >= 11 is 0. The van der Waals surface area contributed by atoms with E-state index >= 15 is 0 Å². The molecule has 9 nitrogen and oxygen atoms in total. The standard InChI is InChI=1S/C20H31N3O6S/c1-5-22(13-16(3)20(25)28-4)14-19(24)21-17-7-6-15(2)18(12-17)30(26,27)23-8-10-29-11-9-23/h6-7,12,16H,5,8-11,13-14H2,1-4H3,(H,21,24). The smallest absolute Gasteiger partial charge is 0.309 e. The van der Waals surface area contributed by atoms with Crippen LogP contribution in [0.25, 0.3) is 0 Å². The molecule has 0 aliphatic carbocycles. The second-order valence-electron chi connectivity index (χ2n) is 7.30. The Morgan fingerprint density at radius 3 is 2.57 bits per heavy atom. The van der Waals surface area contributed by atoms with E-state index < -0.39 is 10.0 Å². The number of benzene rings is 1. The number of methoxy groups -OCH3 is 1. The van der Waals surface area contributed by atoms with Gasteiger partial charge >= 0.3 is 5.97 Å². The summed E-state index contributed by atoms with van der Waals surface area (Å²) in [5.74, 6) is -0.967. The van der Waals surface area contributed by atoms with E-state index in [9.17, 15) is 18.0 Å². The van der Waals surface area contributed by atoms with Crippen molar-refractivity contribution in [3.63, 3.8) is 0 Å². The minimum absolute atomic E-state index is 0.0806. The number of nitrogens with one attached hydrogen (secondary N) is 1. The van der Waals surface area contributed by atoms with Crippen molar-refractivity contribution in [1.29, 1.82) is 0 Å². The van der Waals surface area contributed by atoms with Crippen molar-refractivity contribution in [2.75, 3.05) is 58.4 Å². The summed E-state index contributed by atoms with van der Waals surface area (Å²) in [5.41, 5.74) is 1.02. The van der Waals surface area contributed by atoms with Gasteiger partial charge in [-0.05, 0) is 31.2 Å². The van der Waals surface area contributed by atoms with Crippen LogP contribution in [0.1, 0.15) is 19.4 Å². The van der Waals surface area contributed by atoms with Gasteiger partial charge in [-0.1, -0.05) is 19.9 Å². The van der Waals surface area contributed by atoms with Gasteiger partial charge in [0.15, 0.2) is 0 Å². The number of ether oxygens (including phenoxy) is 2. The van der Waals surface area contributed by atoms with E-state index in [1.54, 1.807) is 26.0 Å². The maximum absolute atomic E-state index is 13.0. The molecule has 30 heavy (non-hydrogen) atoms. The van der Waals surface area contributed by atoms with E-state index in [1.807, 2.05) is 11.8 Å². The van der Waals surface area contributed by atoms with Gasteiger partial charge in [-0.2, -0.15) is 4.31 Å². The van der Waals surface area contributed by atoms with E-state index in [2.05, 4.69) is 5.32 Å². The molecule has 0 aromatic heterocycles. The number of carbonyl (C=O) groups is 2. The highest BCUT2D eigenvalue weighted by Gasteiger charge is 2.28. The Morgan fingerprint density at radius 2 is 1.97 bits per heavy atom. The quantitative estimate of drug-likeness (QED) is 0.572. The molecule has 0 radical (unpaired) electrons. The number of esters is 1. The highest BCUT2D eigenvalue weighted by atomic mass is 32.2. The number of amides is 1. The predicted octanol–water partition coefficient (Wildman–Crippen LogP) is 1.09. The molecule has 1 saturated heterocycles. The van der Waals surface area contributed by atoms with Crippen LogP contribution in [-0.2, 0) is 29.1 Å². The molecule has 10 heteroatoms. The number of anilines is 1. The maximum Gasteiger partial charge on any atom is 0.309 e. The van der Waals surface area contributed by atoms with Crippen molar-refractivity contribution in [3.8, 4) is 0 Å². The van der Waals surface area contributed by atoms with Crippen molar-refractivity contribution < 1.29 is 27.5 Å². The molecule has 1 atom stereocenters. The number of morpholine rings is 1. The monoisotopic (exact) mass is 441 g/mol. The number of sulfonamides is 1. The third-order valence-electron chi connectivity index (χ3n) is 5.01. The van der Waals surface area contributed by atoms with Crippen LogP contribution >= 0.6 is 0 Å². The normalized spacial score (nSPS) is 16.3. The molecule has 1 aromatic rings. The Balaban J connectivity index is 2.08. The third kappa shape index (κ3) is 6.24. The zero-order valence-electron chi connectivity index (χ0n) is 18.0. The van der Waals surface area contributed by atoms with E-state index in [1.165, 1.54) is 17.5 Å². The Morgan fingerprint density at radius 1 is 1.30 bits per heavy atom. The molecule has 1 unspecified atom stereocenters. The Labute approximate surface area is 178 Å². The lowest BCUT2D eigenvalue weighted by Gasteiger charge is -2.27. The van der Waals surface area contributed by atoms with Crippen LogP contribution in [0.5, 0.6) is 0 Å². The fraction of sp³-hybridized carbons (Fsp3) is 0.600. The van der Waals surface area contributed by atoms with E-state index in [0.717, 1.165) is 0 Å². The molecular weight excluding hydrogens is 410 g/mol. The maximum atomic E-state index is 13.0. The summed E-state index contributed by atoms with van der Waals surface area (Å²) in [7, 11) is -2.33. The van der Waals surface area contributed by atoms with Gasteiger partial charge < -0.3 is 14.8 Å². The van der Waals surface area contributed by atoms with Crippen molar-refractivity contribution in [3.05, 3.63) is 23.8 Å². The first kappa shape index (κ1) is 24.3. The summed E-state index contributed by atoms with van der Waals surface area (Å²) in [4.78, 5) is 26.1. The van der Waals surface area contributed by atoms with Gasteiger partial charge in [-0.25, -0.2) is 8.42 Å². The summed E-state index contributed by atoms with van der Waals surface area (Å²) < 4.78 is 37.3. The number of aryl methyl sites for hydroxylation is 1. The lowest BCUT2D eigenvalue weighted by atomic mass is 10.1. The molecule has 0 bridgehead atoms. The first-order valence-electron chi connectivity index (χ1n) is 9.97. The first-order valence-corrected chi connectivity index (χ1v) is 11.4. The lowest BCUT2D eigenvalue weighted by molar-refractivity contribution is -0.145. The molecule has 1 heterocycles. The largest absolute Gasteiger partial charge is 0.469 e. The average molecular weight is 442 g/mol. The van der Waals surface area contributed by atoms with E-state index in [-0.39, 0.29) is 29.2 Å². The van der Waals surface area contributed by atoms with Crippen LogP contribution in [0.15, 0.2) is 23.1 Å². The summed E-state index contributed by atoms with van der Waals surface area (Å²) in [6, 6.07) is 4.85. The minimum atomic E-state index is -3.67. The number of carbonyl (C=O) groups excluding carboxylic acids is 2. The average Bonchev–Trinajstić information content (AvgIpc) is 2.74. The molecule has 1 aromatic carbocycles. The van der Waals surface area contributed by atoms with E-state index in [4.69, 9.17) is 9.47 Å². The fourth-order valence-corrected chi connectivity index (χ4v) is 4.91. The number of likely N-dealkylation sites (N-methyl/N-ethyl adjacent to an activating group) is 1. The molecular formula is C20H31N3O6S. The highest BCUT2D eigenvalue weighted by Crippen LogP contribution is 2.24. The topological polar surface area (TPSA) is 105 Å². The summed E-state index contributed by atoms with van der Waals surface area (Å²) in [5, 5.41) is 2.76. The minimum Gasteiger partial charge on any atom is -0.469 e. The van der Waals surface area contributed by atoms with Crippen molar-refractivity contribution in [2.24, 2.45) is 5.92 Å². The van der Waals surface area contributed by atoms with Gasteiger partial charge in [-0.3, -0.25) is 14.5 Å². The van der Waals surface area contributed by atoms with Gasteiger partial charge in [0, 0.05) is 25.3 Å². The van der Waals surface area contributed by atoms with Gasteiger partial charge in [-0.15, -0.1) is 0 Å². The van der Waals surface area contributed by atoms with Crippen LogP contribution in [-0.4, -0.2) is 82.5 Å². The summed E-state index contributed by atoms with van der Waals surface area (Å²) in [6.07, 6.45) is 0. The Hall–Kier alpha value is -2.01. The van der Waals surface area contributed by atoms with Crippen LogP contribution in [0.3, 0.4) is 0 Å². The van der Waals surface area contributed by atoms with Crippen molar-refractivity contribution >= 4 is 27.6 Å². The number of hydrogen-bond acceptors (Lipinski definition) is 7. The zero-order valence-corrected chi connectivity index (χ0v) is 18.8. The SMILES string of the molecule is CCN(CC(=O)Nc1ccc(C)c(S(=O)(=O)N2CCOCC2)c1)CC(C)C(=O)OC. The molecule has 0 spiro atoms. The molecule has 1 aliphatic rings. The molecule has 1 aliphatic heterocycles. The Bertz CT molecular complexity index is 852. The van der Waals surface area contributed by atoms with Crippen molar-refractivity contribution in [1.82, 2.24) is 9.21 Å². The van der Waals surface area contributed by atoms with Gasteiger partial charge in [0.05, 0.1) is 37.7 Å². The van der Waals surface area contributed by atoms with Crippen molar-refractivity contribution in [2.45, 2.75) is 25.7 Å². The van der Waals surface area contributed by atoms with Crippen LogP contribution in [0, 0.1) is 12.8 Å². The van der Waals surface area contributed by atoms with E-state index in [0.29, 0.717) is 50.6 Å². The number of hydrogen-bond donors (Lipinski definition) is 1. The number of nitrogens with zero attached hydrogens (tertiary/aromatic N) is 2. The Kier molecular flexibility index (Phi) is 8.78. The molecule has 1 N–H and O–H groups in total. The fourth-order valence-electron chi connectivity index (χ4n) is 3.25. The lowest BCUT2D eigenvalue weighted by Crippen LogP contribution is -2.41. The molecule has 168 valence electrons. The predicted molar refractivity (Wildman–Crippen MR) is 113 cm³/mol. The zero-order chi connectivity index (χ0) is 22.3. The third-order valence-corrected chi connectivity index (χ3v) is 7.05. The van der Waals surface area contributed by atoms with Crippen LogP contribution in [0.4, 0.5) is 5.69 Å². The molecule has 1 amide bonds. The van der Waals surface area contributed by atoms with Gasteiger partial charge in [0.1, 0.15) is 0 Å². The number of rotatable bonds is 9. The summed E-state index contributed by atoms with van der Waals surface area (Å²) in [6.45, 7) is 7.77. The van der Waals surface area contributed by atoms with Gasteiger partial charge in [0.25, 0.3) is 0 Å². The molecule has 0 saturated carbocycles.